The molecule has 1 saturated heterocycles. The fourth-order valence-electron chi connectivity index (χ4n) is 3.60. The van der Waals surface area contributed by atoms with Crippen LogP contribution in [0.25, 0.3) is 0 Å². The van der Waals surface area contributed by atoms with Crippen LogP contribution in [0.5, 0.6) is 0 Å². The van der Waals surface area contributed by atoms with Crippen LogP contribution in [0.1, 0.15) is 24.0 Å². The van der Waals surface area contributed by atoms with Crippen molar-refractivity contribution in [2.75, 3.05) is 25.9 Å². The molecule has 1 N–H and O–H groups in total. The third-order valence-electron chi connectivity index (χ3n) is 5.01. The van der Waals surface area contributed by atoms with Crippen LogP contribution in [-0.4, -0.2) is 49.9 Å². The quantitative estimate of drug-likeness (QED) is 0.869. The Balaban J connectivity index is 1.91. The maximum Gasteiger partial charge on any atom is 0.244 e. The van der Waals surface area contributed by atoms with Gasteiger partial charge in [-0.05, 0) is 49.5 Å². The molecule has 0 aliphatic carbocycles. The monoisotopic (exact) mass is 356 g/mol. The molecule has 126 valence electrons. The summed E-state index contributed by atoms with van der Waals surface area (Å²) >= 11 is 6.21. The lowest BCUT2D eigenvalue weighted by Crippen LogP contribution is -2.58. The molecule has 0 atom stereocenters. The number of nitrogens with zero attached hydrogens (tertiary/aromatic N) is 1. The van der Waals surface area contributed by atoms with Gasteiger partial charge in [-0.1, -0.05) is 23.7 Å². The summed E-state index contributed by atoms with van der Waals surface area (Å²) in [6.07, 6.45) is 2.52. The Kier molecular flexibility index (Phi) is 4.42. The summed E-state index contributed by atoms with van der Waals surface area (Å²) in [6.45, 7) is 2.05. The number of fused-ring (bicyclic) bond motifs is 1. The summed E-state index contributed by atoms with van der Waals surface area (Å²) in [4.78, 5) is 14.8. The van der Waals surface area contributed by atoms with E-state index in [0.717, 1.165) is 11.1 Å². The molecule has 1 fully saturated rings. The summed E-state index contributed by atoms with van der Waals surface area (Å²) in [5, 5.41) is 3.86. The van der Waals surface area contributed by atoms with Gasteiger partial charge in [0.1, 0.15) is 0 Å². The van der Waals surface area contributed by atoms with Crippen molar-refractivity contribution in [3.05, 3.63) is 34.3 Å². The number of nitrogens with one attached hydrogen (secondary N) is 1. The number of rotatable bonds is 2. The molecule has 3 rings (SSSR count). The van der Waals surface area contributed by atoms with E-state index in [9.17, 15) is 13.2 Å². The van der Waals surface area contributed by atoms with Crippen molar-refractivity contribution < 1.29 is 13.2 Å². The predicted octanol–water partition coefficient (Wildman–Crippen LogP) is 1.39. The lowest BCUT2D eigenvalue weighted by Gasteiger charge is -2.40. The molecule has 2 heterocycles. The maximum absolute atomic E-state index is 13.1. The minimum atomic E-state index is -3.48. The van der Waals surface area contributed by atoms with Crippen molar-refractivity contribution in [2.45, 2.75) is 30.6 Å². The second-order valence-corrected chi connectivity index (χ2v) is 9.10. The lowest BCUT2D eigenvalue weighted by molar-refractivity contribution is -0.135. The van der Waals surface area contributed by atoms with Crippen molar-refractivity contribution in [2.24, 2.45) is 0 Å². The number of sulfone groups is 1. The number of amides is 1. The molecule has 2 aliphatic heterocycles. The third kappa shape index (κ3) is 2.88. The van der Waals surface area contributed by atoms with Gasteiger partial charge in [-0.15, -0.1) is 0 Å². The number of hydrogen-bond acceptors (Lipinski definition) is 4. The Hall–Kier alpha value is -1.11. The number of hydrogen-bond donors (Lipinski definition) is 1. The Morgan fingerprint density at radius 2 is 2.00 bits per heavy atom. The van der Waals surface area contributed by atoms with Gasteiger partial charge in [0.2, 0.25) is 5.91 Å². The van der Waals surface area contributed by atoms with Gasteiger partial charge in [0.15, 0.2) is 14.6 Å². The van der Waals surface area contributed by atoms with Crippen molar-refractivity contribution in [1.29, 1.82) is 0 Å². The highest BCUT2D eigenvalue weighted by Crippen LogP contribution is 2.33. The van der Waals surface area contributed by atoms with Crippen molar-refractivity contribution in [3.8, 4) is 0 Å². The third-order valence-corrected chi connectivity index (χ3v) is 7.36. The average Bonchev–Trinajstić information content (AvgIpc) is 2.54. The van der Waals surface area contributed by atoms with E-state index in [1.165, 1.54) is 6.26 Å². The normalized spacial score (nSPS) is 20.9. The van der Waals surface area contributed by atoms with Crippen molar-refractivity contribution in [1.82, 2.24) is 10.2 Å². The highest BCUT2D eigenvalue weighted by atomic mass is 35.5. The molecule has 7 heteroatoms. The zero-order valence-electron chi connectivity index (χ0n) is 13.1. The van der Waals surface area contributed by atoms with Crippen LogP contribution in [0, 0.1) is 0 Å². The first-order valence-corrected chi connectivity index (χ1v) is 10.1. The standard InChI is InChI=1S/C16H21ClN2O3S/c1-23(21,22)16(6-8-18-9-7-16)15(20)19-10-5-13-12(11-19)3-2-4-14(13)17/h2-4,18H,5-11H2,1H3. The van der Waals surface area contributed by atoms with Gasteiger partial charge >= 0.3 is 0 Å². The highest BCUT2D eigenvalue weighted by Gasteiger charge is 2.50. The smallest absolute Gasteiger partial charge is 0.244 e. The summed E-state index contributed by atoms with van der Waals surface area (Å²) in [6, 6.07) is 5.67. The fourth-order valence-corrected chi connectivity index (χ4v) is 5.28. The Labute approximate surface area is 141 Å². The Morgan fingerprint density at radius 3 is 2.65 bits per heavy atom. The average molecular weight is 357 g/mol. The topological polar surface area (TPSA) is 66.5 Å². The van der Waals surface area contributed by atoms with Gasteiger partial charge in [-0.3, -0.25) is 4.79 Å². The number of carbonyl (C=O) groups is 1. The molecule has 0 radical (unpaired) electrons. The molecule has 0 unspecified atom stereocenters. The van der Waals surface area contributed by atoms with E-state index in [0.29, 0.717) is 50.5 Å². The highest BCUT2D eigenvalue weighted by molar-refractivity contribution is 7.92. The van der Waals surface area contributed by atoms with Gasteiger partial charge < -0.3 is 10.2 Å². The first-order chi connectivity index (χ1) is 10.8. The minimum absolute atomic E-state index is 0.257. The summed E-state index contributed by atoms with van der Waals surface area (Å²) in [5.74, 6) is -0.257. The number of benzene rings is 1. The Morgan fingerprint density at radius 1 is 1.30 bits per heavy atom. The molecular weight excluding hydrogens is 336 g/mol. The van der Waals surface area contributed by atoms with Gasteiger partial charge in [0.25, 0.3) is 0 Å². The minimum Gasteiger partial charge on any atom is -0.337 e. The molecule has 1 aromatic rings. The molecule has 0 bridgehead atoms. The first-order valence-electron chi connectivity index (χ1n) is 7.81. The predicted molar refractivity (Wildman–Crippen MR) is 90.3 cm³/mol. The Bertz CT molecular complexity index is 727. The van der Waals surface area contributed by atoms with Crippen LogP contribution >= 0.6 is 11.6 Å². The van der Waals surface area contributed by atoms with Crippen molar-refractivity contribution >= 4 is 27.3 Å². The zero-order valence-corrected chi connectivity index (χ0v) is 14.7. The van der Waals surface area contributed by atoms with E-state index in [1.807, 2.05) is 18.2 Å². The molecule has 1 aromatic carbocycles. The number of halogens is 1. The molecule has 0 aromatic heterocycles. The largest absolute Gasteiger partial charge is 0.337 e. The molecule has 1 amide bonds. The van der Waals surface area contributed by atoms with E-state index in [4.69, 9.17) is 11.6 Å². The second kappa shape index (κ2) is 6.07. The van der Waals surface area contributed by atoms with E-state index < -0.39 is 14.6 Å². The van der Waals surface area contributed by atoms with Crippen LogP contribution in [0.3, 0.4) is 0 Å². The molecule has 0 spiro atoms. The first kappa shape index (κ1) is 16.7. The second-order valence-electron chi connectivity index (χ2n) is 6.37. The molecule has 0 saturated carbocycles. The van der Waals surface area contributed by atoms with E-state index in [-0.39, 0.29) is 5.91 Å². The molecular formula is C16H21ClN2O3S. The van der Waals surface area contributed by atoms with Gasteiger partial charge in [-0.25, -0.2) is 8.42 Å². The maximum atomic E-state index is 13.1. The molecule has 5 nitrogen and oxygen atoms in total. The molecule has 23 heavy (non-hydrogen) atoms. The van der Waals surface area contributed by atoms with Crippen LogP contribution in [0.2, 0.25) is 5.02 Å². The summed E-state index contributed by atoms with van der Waals surface area (Å²) in [7, 11) is -3.48. The zero-order chi connectivity index (χ0) is 16.7. The van der Waals surface area contributed by atoms with Gasteiger partial charge in [0.05, 0.1) is 0 Å². The summed E-state index contributed by atoms with van der Waals surface area (Å²) < 4.78 is 23.5. The SMILES string of the molecule is CS(=O)(=O)C1(C(=O)N2CCc3c(Cl)cccc3C2)CCNCC1. The number of piperidine rings is 1. The fraction of sp³-hybridized carbons (Fsp3) is 0.562. The van der Waals surface area contributed by atoms with Crippen LogP contribution in [0.15, 0.2) is 18.2 Å². The van der Waals surface area contributed by atoms with Crippen LogP contribution < -0.4 is 5.32 Å². The van der Waals surface area contributed by atoms with E-state index in [1.54, 1.807) is 4.90 Å². The van der Waals surface area contributed by atoms with Gasteiger partial charge in [0, 0.05) is 24.4 Å². The van der Waals surface area contributed by atoms with Gasteiger partial charge in [-0.2, -0.15) is 0 Å². The summed E-state index contributed by atoms with van der Waals surface area (Å²) in [5.41, 5.74) is 2.08. The lowest BCUT2D eigenvalue weighted by atomic mass is 9.93. The number of carbonyl (C=O) groups excluding carboxylic acids is 1. The van der Waals surface area contributed by atoms with Crippen molar-refractivity contribution in [3.63, 3.8) is 0 Å². The molecule has 2 aliphatic rings. The van der Waals surface area contributed by atoms with E-state index >= 15 is 0 Å². The van der Waals surface area contributed by atoms with Crippen LogP contribution in [-0.2, 0) is 27.6 Å². The van der Waals surface area contributed by atoms with Crippen LogP contribution in [0.4, 0.5) is 0 Å². The van der Waals surface area contributed by atoms with E-state index in [2.05, 4.69) is 5.32 Å².